The lowest BCUT2D eigenvalue weighted by atomic mass is 10.0. The van der Waals surface area contributed by atoms with Crippen molar-refractivity contribution < 1.29 is 4.74 Å². The van der Waals surface area contributed by atoms with Crippen LogP contribution in [0.1, 0.15) is 30.9 Å². The summed E-state index contributed by atoms with van der Waals surface area (Å²) in [5, 5.41) is 5.78. The number of ether oxygens (including phenoxy) is 1. The van der Waals surface area contributed by atoms with Gasteiger partial charge in [0, 0.05) is 5.39 Å². The lowest BCUT2D eigenvalue weighted by Crippen LogP contribution is -2.25. The van der Waals surface area contributed by atoms with Gasteiger partial charge in [0.25, 0.3) is 5.56 Å². The van der Waals surface area contributed by atoms with Crippen LogP contribution in [0.15, 0.2) is 53.5 Å². The number of hydrogen-bond acceptors (Lipinski definition) is 3. The molecule has 0 bridgehead atoms. The standard InChI is InChI=1S/C20H22N2O2/c1-14(2)17-9-8-15(3)12-19(17)24-11-10-22-20(23)18-7-5-4-6-16(18)13-21-22/h4-9,12-14H,10-11H2,1-3H3. The summed E-state index contributed by atoms with van der Waals surface area (Å²) in [5.41, 5.74) is 2.26. The zero-order valence-corrected chi connectivity index (χ0v) is 14.3. The van der Waals surface area contributed by atoms with Crippen molar-refractivity contribution in [3.8, 4) is 5.75 Å². The first-order valence-corrected chi connectivity index (χ1v) is 8.24. The van der Waals surface area contributed by atoms with Crippen molar-refractivity contribution in [2.75, 3.05) is 6.61 Å². The van der Waals surface area contributed by atoms with E-state index in [4.69, 9.17) is 4.74 Å². The van der Waals surface area contributed by atoms with Crippen LogP contribution in [-0.4, -0.2) is 16.4 Å². The predicted molar refractivity (Wildman–Crippen MR) is 96.8 cm³/mol. The molecule has 4 heteroatoms. The molecule has 0 N–H and O–H groups in total. The van der Waals surface area contributed by atoms with Gasteiger partial charge in [0.15, 0.2) is 0 Å². The Bertz CT molecular complexity index is 913. The number of benzene rings is 2. The molecule has 4 nitrogen and oxygen atoms in total. The van der Waals surface area contributed by atoms with Gasteiger partial charge in [-0.3, -0.25) is 4.79 Å². The summed E-state index contributed by atoms with van der Waals surface area (Å²) in [6.07, 6.45) is 1.73. The molecule has 1 heterocycles. The largest absolute Gasteiger partial charge is 0.491 e. The van der Waals surface area contributed by atoms with E-state index >= 15 is 0 Å². The average Bonchev–Trinajstić information content (AvgIpc) is 2.57. The van der Waals surface area contributed by atoms with Crippen LogP contribution in [0.25, 0.3) is 10.8 Å². The van der Waals surface area contributed by atoms with E-state index in [-0.39, 0.29) is 5.56 Å². The van der Waals surface area contributed by atoms with Gasteiger partial charge in [-0.15, -0.1) is 0 Å². The normalized spacial score (nSPS) is 11.2. The van der Waals surface area contributed by atoms with Gasteiger partial charge in [-0.25, -0.2) is 4.68 Å². The first-order chi connectivity index (χ1) is 11.6. The molecule has 0 fully saturated rings. The minimum atomic E-state index is -0.0787. The maximum atomic E-state index is 12.4. The number of nitrogens with zero attached hydrogens (tertiary/aromatic N) is 2. The number of hydrogen-bond donors (Lipinski definition) is 0. The highest BCUT2D eigenvalue weighted by molar-refractivity contribution is 5.80. The molecule has 3 rings (SSSR count). The molecule has 0 unspecified atom stereocenters. The fourth-order valence-electron chi connectivity index (χ4n) is 2.77. The summed E-state index contributed by atoms with van der Waals surface area (Å²) in [6, 6.07) is 13.7. The summed E-state index contributed by atoms with van der Waals surface area (Å²) in [6.45, 7) is 7.18. The SMILES string of the molecule is Cc1ccc(C(C)C)c(OCCn2ncc3ccccc3c2=O)c1. The number of rotatable bonds is 5. The van der Waals surface area contributed by atoms with Crippen LogP contribution < -0.4 is 10.3 Å². The summed E-state index contributed by atoms with van der Waals surface area (Å²) in [7, 11) is 0. The van der Waals surface area contributed by atoms with Crippen LogP contribution in [0.4, 0.5) is 0 Å². The smallest absolute Gasteiger partial charge is 0.274 e. The van der Waals surface area contributed by atoms with Crippen molar-refractivity contribution in [3.63, 3.8) is 0 Å². The fourth-order valence-corrected chi connectivity index (χ4v) is 2.77. The van der Waals surface area contributed by atoms with Gasteiger partial charge in [0.2, 0.25) is 0 Å². The van der Waals surface area contributed by atoms with Crippen LogP contribution in [0.3, 0.4) is 0 Å². The Balaban J connectivity index is 1.77. The predicted octanol–water partition coefficient (Wildman–Crippen LogP) is 3.91. The Morgan fingerprint density at radius 1 is 1.17 bits per heavy atom. The lowest BCUT2D eigenvalue weighted by Gasteiger charge is -2.15. The molecule has 0 saturated carbocycles. The van der Waals surface area contributed by atoms with E-state index in [1.165, 1.54) is 10.2 Å². The molecule has 3 aromatic rings. The van der Waals surface area contributed by atoms with Crippen molar-refractivity contribution in [1.82, 2.24) is 9.78 Å². The van der Waals surface area contributed by atoms with E-state index in [1.54, 1.807) is 6.20 Å². The lowest BCUT2D eigenvalue weighted by molar-refractivity contribution is 0.284. The van der Waals surface area contributed by atoms with Crippen molar-refractivity contribution >= 4 is 10.8 Å². The highest BCUT2D eigenvalue weighted by atomic mass is 16.5. The topological polar surface area (TPSA) is 44.1 Å². The van der Waals surface area contributed by atoms with Crippen molar-refractivity contribution in [3.05, 3.63) is 70.1 Å². The van der Waals surface area contributed by atoms with Crippen LogP contribution in [0.5, 0.6) is 5.75 Å². The number of aryl methyl sites for hydroxylation is 1. The van der Waals surface area contributed by atoms with E-state index in [0.29, 0.717) is 24.5 Å². The molecule has 0 amide bonds. The average molecular weight is 322 g/mol. The second kappa shape index (κ2) is 6.87. The molecule has 0 radical (unpaired) electrons. The highest BCUT2D eigenvalue weighted by Gasteiger charge is 2.09. The molecule has 24 heavy (non-hydrogen) atoms. The Morgan fingerprint density at radius 2 is 1.96 bits per heavy atom. The third kappa shape index (κ3) is 3.32. The van der Waals surface area contributed by atoms with Gasteiger partial charge in [0.1, 0.15) is 12.4 Å². The van der Waals surface area contributed by atoms with E-state index in [0.717, 1.165) is 16.7 Å². The Labute approximate surface area is 141 Å². The van der Waals surface area contributed by atoms with Crippen molar-refractivity contribution in [2.45, 2.75) is 33.2 Å². The minimum absolute atomic E-state index is 0.0787. The summed E-state index contributed by atoms with van der Waals surface area (Å²) in [5.74, 6) is 1.28. The zero-order valence-electron chi connectivity index (χ0n) is 14.3. The molecule has 0 spiro atoms. The maximum absolute atomic E-state index is 12.4. The van der Waals surface area contributed by atoms with Gasteiger partial charge in [-0.2, -0.15) is 5.10 Å². The van der Waals surface area contributed by atoms with E-state index in [9.17, 15) is 4.79 Å². The molecule has 0 aliphatic heterocycles. The van der Waals surface area contributed by atoms with Crippen LogP contribution in [0.2, 0.25) is 0 Å². The number of aromatic nitrogens is 2. The number of fused-ring (bicyclic) bond motifs is 1. The fraction of sp³-hybridized carbons (Fsp3) is 0.300. The van der Waals surface area contributed by atoms with Gasteiger partial charge in [-0.05, 0) is 36.1 Å². The Morgan fingerprint density at radius 3 is 2.75 bits per heavy atom. The first kappa shape index (κ1) is 16.2. The van der Waals surface area contributed by atoms with Crippen LogP contribution in [0, 0.1) is 6.92 Å². The summed E-state index contributed by atoms with van der Waals surface area (Å²) >= 11 is 0. The van der Waals surface area contributed by atoms with Crippen LogP contribution >= 0.6 is 0 Å². The second-order valence-electron chi connectivity index (χ2n) is 6.30. The van der Waals surface area contributed by atoms with Crippen molar-refractivity contribution in [2.24, 2.45) is 0 Å². The zero-order chi connectivity index (χ0) is 17.1. The second-order valence-corrected chi connectivity index (χ2v) is 6.30. The Hall–Kier alpha value is -2.62. The van der Waals surface area contributed by atoms with E-state index < -0.39 is 0 Å². The van der Waals surface area contributed by atoms with Gasteiger partial charge < -0.3 is 4.74 Å². The minimum Gasteiger partial charge on any atom is -0.491 e. The molecular weight excluding hydrogens is 300 g/mol. The monoisotopic (exact) mass is 322 g/mol. The molecule has 0 aliphatic rings. The van der Waals surface area contributed by atoms with Crippen LogP contribution in [-0.2, 0) is 6.54 Å². The molecule has 0 atom stereocenters. The first-order valence-electron chi connectivity index (χ1n) is 8.24. The molecular formula is C20H22N2O2. The highest BCUT2D eigenvalue weighted by Crippen LogP contribution is 2.27. The molecule has 124 valence electrons. The van der Waals surface area contributed by atoms with E-state index in [1.807, 2.05) is 37.3 Å². The quantitative estimate of drug-likeness (QED) is 0.715. The third-order valence-electron chi connectivity index (χ3n) is 4.11. The van der Waals surface area contributed by atoms with Gasteiger partial charge in [-0.1, -0.05) is 44.2 Å². The van der Waals surface area contributed by atoms with E-state index in [2.05, 4.69) is 31.1 Å². The third-order valence-corrected chi connectivity index (χ3v) is 4.11. The van der Waals surface area contributed by atoms with Gasteiger partial charge >= 0.3 is 0 Å². The summed E-state index contributed by atoms with van der Waals surface area (Å²) in [4.78, 5) is 12.4. The molecule has 0 aliphatic carbocycles. The summed E-state index contributed by atoms with van der Waals surface area (Å²) < 4.78 is 7.42. The van der Waals surface area contributed by atoms with Gasteiger partial charge in [0.05, 0.1) is 18.1 Å². The maximum Gasteiger partial charge on any atom is 0.274 e. The molecule has 2 aromatic carbocycles. The molecule has 1 aromatic heterocycles. The Kier molecular flexibility index (Phi) is 4.65. The van der Waals surface area contributed by atoms with Crippen molar-refractivity contribution in [1.29, 1.82) is 0 Å². The molecule has 0 saturated heterocycles.